The van der Waals surface area contributed by atoms with Gasteiger partial charge in [0.2, 0.25) is 0 Å². The first-order valence-electron chi connectivity index (χ1n) is 7.45. The van der Waals surface area contributed by atoms with Crippen LogP contribution >= 0.6 is 11.3 Å². The fourth-order valence-corrected chi connectivity index (χ4v) is 4.21. The van der Waals surface area contributed by atoms with Gasteiger partial charge in [-0.1, -0.05) is 24.3 Å². The van der Waals surface area contributed by atoms with Gasteiger partial charge in [0, 0.05) is 17.1 Å². The molecule has 1 aliphatic carbocycles. The molecule has 3 heteroatoms. The number of nitrogens with one attached hydrogen (secondary N) is 1. The molecule has 106 valence electrons. The number of aromatic nitrogens is 1. The van der Waals surface area contributed by atoms with Crippen LogP contribution in [0.1, 0.15) is 52.2 Å². The van der Waals surface area contributed by atoms with Gasteiger partial charge in [-0.25, -0.2) is 4.98 Å². The van der Waals surface area contributed by atoms with Crippen molar-refractivity contribution in [3.8, 4) is 0 Å². The normalized spacial score (nSPS) is 19.6. The van der Waals surface area contributed by atoms with E-state index < -0.39 is 0 Å². The molecule has 0 bridgehead atoms. The molecule has 0 spiro atoms. The molecule has 20 heavy (non-hydrogen) atoms. The van der Waals surface area contributed by atoms with Crippen molar-refractivity contribution in [2.45, 2.75) is 44.6 Å². The summed E-state index contributed by atoms with van der Waals surface area (Å²) in [5.41, 5.74) is 3.12. The molecule has 3 rings (SSSR count). The van der Waals surface area contributed by atoms with E-state index in [1.165, 1.54) is 30.6 Å². The first kappa shape index (κ1) is 13.8. The van der Waals surface area contributed by atoms with Crippen LogP contribution in [0.2, 0.25) is 0 Å². The second-order valence-corrected chi connectivity index (χ2v) is 6.91. The van der Waals surface area contributed by atoms with Crippen LogP contribution in [0.15, 0.2) is 30.5 Å². The molecule has 0 radical (unpaired) electrons. The Kier molecular flexibility index (Phi) is 4.18. The lowest BCUT2D eigenvalue weighted by Crippen LogP contribution is -2.20. The van der Waals surface area contributed by atoms with Gasteiger partial charge in [0.15, 0.2) is 0 Å². The quantitative estimate of drug-likeness (QED) is 0.910. The number of fused-ring (bicyclic) bond motifs is 1. The Morgan fingerprint density at radius 1 is 1.40 bits per heavy atom. The highest BCUT2D eigenvalue weighted by molar-refractivity contribution is 7.11. The van der Waals surface area contributed by atoms with Crippen LogP contribution in [0.4, 0.5) is 0 Å². The molecule has 0 saturated heterocycles. The minimum Gasteiger partial charge on any atom is -0.312 e. The topological polar surface area (TPSA) is 24.9 Å². The number of hydrogen-bond donors (Lipinski definition) is 1. The van der Waals surface area contributed by atoms with Gasteiger partial charge < -0.3 is 5.32 Å². The van der Waals surface area contributed by atoms with E-state index in [1.807, 2.05) is 17.5 Å². The summed E-state index contributed by atoms with van der Waals surface area (Å²) in [6.45, 7) is 2.08. The number of rotatable bonds is 4. The number of benzene rings is 1. The van der Waals surface area contributed by atoms with Crippen LogP contribution in [-0.2, 0) is 6.42 Å². The van der Waals surface area contributed by atoms with Crippen molar-refractivity contribution in [1.29, 1.82) is 0 Å². The zero-order valence-corrected chi connectivity index (χ0v) is 13.0. The van der Waals surface area contributed by atoms with E-state index in [4.69, 9.17) is 0 Å². The average Bonchev–Trinajstić information content (AvgIpc) is 2.91. The number of nitrogens with zero attached hydrogens (tertiary/aromatic N) is 1. The van der Waals surface area contributed by atoms with Crippen molar-refractivity contribution < 1.29 is 0 Å². The maximum absolute atomic E-state index is 4.40. The molecule has 0 aliphatic heterocycles. The molecule has 0 fully saturated rings. The van der Waals surface area contributed by atoms with Crippen molar-refractivity contribution in [1.82, 2.24) is 10.3 Å². The van der Waals surface area contributed by atoms with E-state index in [-0.39, 0.29) is 0 Å². The van der Waals surface area contributed by atoms with Gasteiger partial charge in [0.25, 0.3) is 0 Å². The molecule has 0 saturated carbocycles. The van der Waals surface area contributed by atoms with Crippen LogP contribution in [0.25, 0.3) is 0 Å². The smallest absolute Gasteiger partial charge is 0.0897 e. The molecule has 1 aromatic carbocycles. The Labute approximate surface area is 125 Å². The molecule has 1 aromatic heterocycles. The van der Waals surface area contributed by atoms with Crippen LogP contribution in [0, 0.1) is 6.92 Å². The zero-order chi connectivity index (χ0) is 13.9. The summed E-state index contributed by atoms with van der Waals surface area (Å²) in [4.78, 5) is 5.77. The molecular formula is C17H22N2S. The third kappa shape index (κ3) is 2.79. The standard InChI is InChI=1S/C17H22N2S/c1-12-19-11-17(20-12)16(18-2)10-14-8-5-7-13-6-3-4-9-15(13)14/h3-4,6,9,11,14,16,18H,5,7-8,10H2,1-2H3. The van der Waals surface area contributed by atoms with Crippen LogP contribution in [-0.4, -0.2) is 12.0 Å². The minimum absolute atomic E-state index is 0.428. The minimum atomic E-state index is 0.428. The summed E-state index contributed by atoms with van der Waals surface area (Å²) in [5.74, 6) is 0.680. The average molecular weight is 286 g/mol. The maximum Gasteiger partial charge on any atom is 0.0897 e. The van der Waals surface area contributed by atoms with Crippen molar-refractivity contribution in [2.75, 3.05) is 7.05 Å². The highest BCUT2D eigenvalue weighted by Crippen LogP contribution is 2.38. The van der Waals surface area contributed by atoms with Gasteiger partial charge in [-0.3, -0.25) is 0 Å². The molecule has 1 aliphatic rings. The molecule has 2 nitrogen and oxygen atoms in total. The summed E-state index contributed by atoms with van der Waals surface area (Å²) in [6, 6.07) is 9.40. The second-order valence-electron chi connectivity index (χ2n) is 5.65. The zero-order valence-electron chi connectivity index (χ0n) is 12.2. The summed E-state index contributed by atoms with van der Waals surface area (Å²) < 4.78 is 0. The van der Waals surface area contributed by atoms with Crippen molar-refractivity contribution >= 4 is 11.3 Å². The van der Waals surface area contributed by atoms with Gasteiger partial charge in [-0.05, 0) is 56.7 Å². The van der Waals surface area contributed by atoms with Gasteiger partial charge >= 0.3 is 0 Å². The third-order valence-corrected chi connectivity index (χ3v) is 5.37. The fraction of sp³-hybridized carbons (Fsp3) is 0.471. The fourth-order valence-electron chi connectivity index (χ4n) is 3.30. The number of thiazole rings is 1. The lowest BCUT2D eigenvalue weighted by Gasteiger charge is -2.28. The predicted octanol–water partition coefficient (Wildman–Crippen LogP) is 4.22. The Balaban J connectivity index is 1.80. The first-order chi connectivity index (χ1) is 9.78. The highest BCUT2D eigenvalue weighted by Gasteiger charge is 2.24. The summed E-state index contributed by atoms with van der Waals surface area (Å²) in [7, 11) is 2.06. The lowest BCUT2D eigenvalue weighted by molar-refractivity contribution is 0.443. The van der Waals surface area contributed by atoms with Gasteiger partial charge in [-0.15, -0.1) is 11.3 Å². The molecule has 0 amide bonds. The molecule has 1 N–H and O–H groups in total. The maximum atomic E-state index is 4.40. The van der Waals surface area contributed by atoms with E-state index in [1.54, 1.807) is 11.1 Å². The first-order valence-corrected chi connectivity index (χ1v) is 8.27. The van der Waals surface area contributed by atoms with Crippen LogP contribution in [0.3, 0.4) is 0 Å². The lowest BCUT2D eigenvalue weighted by atomic mass is 9.79. The van der Waals surface area contributed by atoms with Gasteiger partial charge in [0.1, 0.15) is 0 Å². The monoisotopic (exact) mass is 286 g/mol. The predicted molar refractivity (Wildman–Crippen MR) is 85.4 cm³/mol. The summed E-state index contributed by atoms with van der Waals surface area (Å²) >= 11 is 1.82. The SMILES string of the molecule is CNC(CC1CCCc2ccccc21)c1cnc(C)s1. The largest absolute Gasteiger partial charge is 0.312 e. The Morgan fingerprint density at radius 3 is 3.00 bits per heavy atom. The van der Waals surface area contributed by atoms with Crippen LogP contribution < -0.4 is 5.32 Å². The summed E-state index contributed by atoms with van der Waals surface area (Å²) in [5, 5.41) is 4.64. The van der Waals surface area contributed by atoms with Gasteiger partial charge in [0.05, 0.1) is 5.01 Å². The molecule has 2 unspecified atom stereocenters. The molecular weight excluding hydrogens is 264 g/mol. The van der Waals surface area contributed by atoms with Crippen molar-refractivity contribution in [3.63, 3.8) is 0 Å². The molecule has 2 atom stereocenters. The Bertz CT molecular complexity index is 576. The third-order valence-electron chi connectivity index (χ3n) is 4.34. The van der Waals surface area contributed by atoms with E-state index in [0.717, 1.165) is 5.01 Å². The summed E-state index contributed by atoms with van der Waals surface area (Å²) in [6.07, 6.45) is 7.09. The van der Waals surface area contributed by atoms with Crippen molar-refractivity contribution in [3.05, 3.63) is 51.5 Å². The van der Waals surface area contributed by atoms with Crippen LogP contribution in [0.5, 0.6) is 0 Å². The highest BCUT2D eigenvalue weighted by atomic mass is 32.1. The number of aryl methyl sites for hydroxylation is 2. The molecule has 2 aromatic rings. The van der Waals surface area contributed by atoms with Gasteiger partial charge in [-0.2, -0.15) is 0 Å². The molecule has 1 heterocycles. The van der Waals surface area contributed by atoms with E-state index in [2.05, 4.69) is 48.5 Å². The van der Waals surface area contributed by atoms with E-state index >= 15 is 0 Å². The Morgan fingerprint density at radius 2 is 2.25 bits per heavy atom. The van der Waals surface area contributed by atoms with E-state index in [0.29, 0.717) is 12.0 Å². The van der Waals surface area contributed by atoms with E-state index in [9.17, 15) is 0 Å². The Hall–Kier alpha value is -1.19. The van der Waals surface area contributed by atoms with Crippen molar-refractivity contribution in [2.24, 2.45) is 0 Å². The second kappa shape index (κ2) is 6.06. The number of hydrogen-bond acceptors (Lipinski definition) is 3.